The quantitative estimate of drug-likeness (QED) is 0.137. The van der Waals surface area contributed by atoms with Gasteiger partial charge in [-0.15, -0.1) is 0 Å². The molecular formula is C29H54O16. The van der Waals surface area contributed by atoms with Gasteiger partial charge in [0.1, 0.15) is 73.2 Å². The lowest BCUT2D eigenvalue weighted by Crippen LogP contribution is -2.67. The lowest BCUT2D eigenvalue weighted by Gasteiger charge is -2.50. The Morgan fingerprint density at radius 1 is 0.556 bits per heavy atom. The summed E-state index contributed by atoms with van der Waals surface area (Å²) >= 11 is 0. The van der Waals surface area contributed by atoms with Crippen LogP contribution in [0.15, 0.2) is 0 Å². The minimum Gasteiger partial charge on any atom is -0.382 e. The predicted octanol–water partition coefficient (Wildman–Crippen LogP) is -0.535. The summed E-state index contributed by atoms with van der Waals surface area (Å²) in [6.45, 7) is 0.428. The Bertz CT molecular complexity index is 793. The molecule has 2 aliphatic heterocycles. The van der Waals surface area contributed by atoms with Gasteiger partial charge in [-0.1, -0.05) is 0 Å². The van der Waals surface area contributed by atoms with Crippen molar-refractivity contribution in [3.05, 3.63) is 0 Å². The molecule has 0 spiro atoms. The average molecular weight is 659 g/mol. The molecule has 16 heteroatoms. The van der Waals surface area contributed by atoms with Crippen molar-refractivity contribution in [3.8, 4) is 0 Å². The van der Waals surface area contributed by atoms with Crippen molar-refractivity contribution in [1.82, 2.24) is 0 Å². The van der Waals surface area contributed by atoms with E-state index < -0.39 is 85.8 Å². The fourth-order valence-electron chi connectivity index (χ4n) is 5.93. The van der Waals surface area contributed by atoms with E-state index in [4.69, 9.17) is 71.1 Å². The fraction of sp³-hybridized carbons (Fsp3) is 0.966. The van der Waals surface area contributed by atoms with Gasteiger partial charge in [0.05, 0.1) is 19.8 Å². The third-order valence-corrected chi connectivity index (χ3v) is 8.11. The van der Waals surface area contributed by atoms with E-state index >= 15 is 0 Å². The SMILES string of the molecule is COC[C@H]1O[C@@H](O[C@@H]2[C@@H](OC)[C@H](O[C@@H]([C@H](OC)[C@H](C=O)OC)[C@@H](COC)OC)O[C@H](COC)[C@H]2OC)[C@H](OC)[C@@H](OC)[C@@H]1OC. The highest BCUT2D eigenvalue weighted by Crippen LogP contribution is 2.35. The number of methoxy groups -OCH3 is 11. The van der Waals surface area contributed by atoms with Crippen molar-refractivity contribution in [1.29, 1.82) is 0 Å². The molecule has 0 unspecified atom stereocenters. The summed E-state index contributed by atoms with van der Waals surface area (Å²) in [7, 11) is 16.6. The number of ether oxygens (including phenoxy) is 15. The van der Waals surface area contributed by atoms with E-state index in [-0.39, 0.29) is 19.8 Å². The molecule has 0 aliphatic carbocycles. The Labute approximate surface area is 266 Å². The van der Waals surface area contributed by atoms with Crippen molar-refractivity contribution in [2.45, 2.75) is 85.8 Å². The Morgan fingerprint density at radius 3 is 1.49 bits per heavy atom. The summed E-state index contributed by atoms with van der Waals surface area (Å²) in [6, 6.07) is 0. The van der Waals surface area contributed by atoms with Crippen LogP contribution in [0.5, 0.6) is 0 Å². The molecule has 2 aliphatic rings. The molecule has 0 aromatic rings. The molecule has 266 valence electrons. The van der Waals surface area contributed by atoms with Crippen molar-refractivity contribution in [3.63, 3.8) is 0 Å². The maximum Gasteiger partial charge on any atom is 0.187 e. The van der Waals surface area contributed by atoms with Gasteiger partial charge in [-0.2, -0.15) is 0 Å². The van der Waals surface area contributed by atoms with E-state index in [0.717, 1.165) is 0 Å². The van der Waals surface area contributed by atoms with Crippen LogP contribution < -0.4 is 0 Å². The molecule has 2 rings (SSSR count). The Balaban J connectivity index is 2.56. The van der Waals surface area contributed by atoms with Gasteiger partial charge in [0.25, 0.3) is 0 Å². The van der Waals surface area contributed by atoms with Crippen LogP contribution in [-0.2, 0) is 75.8 Å². The molecule has 0 aromatic heterocycles. The zero-order chi connectivity index (χ0) is 33.5. The third kappa shape index (κ3) is 9.81. The molecule has 0 radical (unpaired) electrons. The molecular weight excluding hydrogens is 604 g/mol. The largest absolute Gasteiger partial charge is 0.382 e. The number of rotatable bonds is 22. The summed E-state index contributed by atoms with van der Waals surface area (Å²) in [5.41, 5.74) is 0. The molecule has 45 heavy (non-hydrogen) atoms. The van der Waals surface area contributed by atoms with Gasteiger partial charge >= 0.3 is 0 Å². The molecule has 2 saturated heterocycles. The minimum atomic E-state index is -1.11. The number of carbonyl (C=O) groups is 1. The summed E-state index contributed by atoms with van der Waals surface area (Å²) in [5.74, 6) is 0. The van der Waals surface area contributed by atoms with Gasteiger partial charge in [0.2, 0.25) is 0 Å². The second kappa shape index (κ2) is 21.1. The molecule has 0 amide bonds. The lowest BCUT2D eigenvalue weighted by atomic mass is 9.96. The zero-order valence-corrected chi connectivity index (χ0v) is 28.3. The molecule has 0 aromatic carbocycles. The molecule has 0 saturated carbocycles. The van der Waals surface area contributed by atoms with Gasteiger partial charge in [-0.05, 0) is 0 Å². The van der Waals surface area contributed by atoms with Gasteiger partial charge in [-0.3, -0.25) is 0 Å². The summed E-state index contributed by atoms with van der Waals surface area (Å²) in [4.78, 5) is 11.9. The smallest absolute Gasteiger partial charge is 0.187 e. The first-order valence-electron chi connectivity index (χ1n) is 14.6. The van der Waals surface area contributed by atoms with E-state index in [1.165, 1.54) is 56.9 Å². The normalized spacial score (nSPS) is 35.1. The molecule has 14 atom stereocenters. The molecule has 0 bridgehead atoms. The highest BCUT2D eigenvalue weighted by molar-refractivity contribution is 5.57. The predicted molar refractivity (Wildman–Crippen MR) is 155 cm³/mol. The van der Waals surface area contributed by atoms with E-state index in [1.54, 1.807) is 21.3 Å². The van der Waals surface area contributed by atoms with Gasteiger partial charge in [-0.25, -0.2) is 0 Å². The maximum absolute atomic E-state index is 11.9. The van der Waals surface area contributed by atoms with Crippen LogP contribution in [0.25, 0.3) is 0 Å². The summed E-state index contributed by atoms with van der Waals surface area (Å²) in [5, 5.41) is 0. The van der Waals surface area contributed by atoms with Crippen molar-refractivity contribution in [2.75, 3.05) is 98.0 Å². The summed E-state index contributed by atoms with van der Waals surface area (Å²) < 4.78 is 88.2. The molecule has 0 N–H and O–H groups in total. The molecule has 2 heterocycles. The van der Waals surface area contributed by atoms with Crippen molar-refractivity contribution < 1.29 is 75.8 Å². The van der Waals surface area contributed by atoms with Crippen LogP contribution in [0.1, 0.15) is 0 Å². The first kappa shape index (κ1) is 40.2. The van der Waals surface area contributed by atoms with Crippen LogP contribution in [0, 0.1) is 0 Å². The standard InChI is InChI=1S/C29H54O16/c1-31-13-17(35-5)23(20(36-6)16(12-30)34-4)44-29-27(41-11)25(22(38-8)19(43-29)15-33-3)45-28-26(40-10)24(39-9)21(37-7)18(42-28)14-32-2/h12,16-29H,13-15H2,1-11H3/t16-,17+,18+,19+,20+,21+,22+,23+,24-,25-,26+,27+,28-,29-/m0/s1. The second-order valence-electron chi connectivity index (χ2n) is 10.5. The van der Waals surface area contributed by atoms with Crippen molar-refractivity contribution in [2.24, 2.45) is 0 Å². The van der Waals surface area contributed by atoms with Crippen LogP contribution >= 0.6 is 0 Å². The van der Waals surface area contributed by atoms with Crippen LogP contribution in [0.2, 0.25) is 0 Å². The van der Waals surface area contributed by atoms with Gasteiger partial charge in [0.15, 0.2) is 18.9 Å². The first-order chi connectivity index (χ1) is 21.8. The number of hydrogen-bond donors (Lipinski definition) is 0. The van der Waals surface area contributed by atoms with E-state index in [1.807, 2.05) is 0 Å². The van der Waals surface area contributed by atoms with E-state index in [9.17, 15) is 4.79 Å². The molecule has 16 nitrogen and oxygen atoms in total. The highest BCUT2D eigenvalue weighted by Gasteiger charge is 2.54. The van der Waals surface area contributed by atoms with Crippen LogP contribution in [-0.4, -0.2) is 190 Å². The van der Waals surface area contributed by atoms with E-state index in [2.05, 4.69) is 0 Å². The Morgan fingerprint density at radius 2 is 1.07 bits per heavy atom. The Hall–Kier alpha value is -0.930. The minimum absolute atomic E-state index is 0.105. The Kier molecular flexibility index (Phi) is 18.9. The maximum atomic E-state index is 11.9. The monoisotopic (exact) mass is 658 g/mol. The van der Waals surface area contributed by atoms with Crippen LogP contribution in [0.4, 0.5) is 0 Å². The molecule has 2 fully saturated rings. The van der Waals surface area contributed by atoms with Gasteiger partial charge in [0, 0.05) is 78.2 Å². The number of carbonyl (C=O) groups excluding carboxylic acids is 1. The second-order valence-corrected chi connectivity index (χ2v) is 10.5. The highest BCUT2D eigenvalue weighted by atomic mass is 16.8. The average Bonchev–Trinajstić information content (AvgIpc) is 3.05. The topological polar surface area (TPSA) is 156 Å². The summed E-state index contributed by atoms with van der Waals surface area (Å²) in [6.07, 6.45) is -10.6. The number of aldehydes is 1. The first-order valence-corrected chi connectivity index (χ1v) is 14.6. The zero-order valence-electron chi connectivity index (χ0n) is 28.3. The van der Waals surface area contributed by atoms with E-state index in [0.29, 0.717) is 6.29 Å². The fourth-order valence-corrected chi connectivity index (χ4v) is 5.93. The number of hydrogen-bond acceptors (Lipinski definition) is 16. The van der Waals surface area contributed by atoms with Crippen molar-refractivity contribution >= 4 is 6.29 Å². The van der Waals surface area contributed by atoms with Gasteiger partial charge < -0.3 is 75.8 Å². The lowest BCUT2D eigenvalue weighted by molar-refractivity contribution is -0.376. The van der Waals surface area contributed by atoms with Crippen LogP contribution in [0.3, 0.4) is 0 Å². The third-order valence-electron chi connectivity index (χ3n) is 8.11.